The molecule has 2 saturated carbocycles. The number of nitrogens with zero attached hydrogens (tertiary/aromatic N) is 1. The van der Waals surface area contributed by atoms with E-state index in [4.69, 9.17) is 0 Å². The number of hydrogen-bond donors (Lipinski definition) is 0. The van der Waals surface area contributed by atoms with E-state index in [-0.39, 0.29) is 5.41 Å². The van der Waals surface area contributed by atoms with Gasteiger partial charge in [-0.1, -0.05) is 168 Å². The lowest BCUT2D eigenvalue weighted by Crippen LogP contribution is -2.16. The van der Waals surface area contributed by atoms with Gasteiger partial charge in [-0.2, -0.15) is 0 Å². The zero-order valence-electron chi connectivity index (χ0n) is 35.2. The summed E-state index contributed by atoms with van der Waals surface area (Å²) in [7, 11) is 0. The van der Waals surface area contributed by atoms with Crippen LogP contribution >= 0.6 is 0 Å². The highest BCUT2D eigenvalue weighted by atomic mass is 15.1. The lowest BCUT2D eigenvalue weighted by molar-refractivity contribution is 0.443. The molecule has 7 aromatic carbocycles. The third kappa shape index (κ3) is 7.24. The molecule has 294 valence electrons. The molecule has 59 heavy (non-hydrogen) atoms. The summed E-state index contributed by atoms with van der Waals surface area (Å²) in [5.74, 6) is 1.45. The van der Waals surface area contributed by atoms with Crippen LogP contribution in [0.4, 0.5) is 17.1 Å². The second-order valence-electron chi connectivity index (χ2n) is 18.3. The van der Waals surface area contributed by atoms with E-state index in [0.29, 0.717) is 0 Å². The maximum Gasteiger partial charge on any atom is 0.0465 e. The molecule has 0 amide bonds. The van der Waals surface area contributed by atoms with Crippen LogP contribution in [0.1, 0.15) is 118 Å². The largest absolute Gasteiger partial charge is 0.310 e. The molecule has 0 N–H and O–H groups in total. The van der Waals surface area contributed by atoms with E-state index in [2.05, 4.69) is 183 Å². The molecule has 0 radical (unpaired) electrons. The fourth-order valence-electron chi connectivity index (χ4n) is 10.8. The molecule has 1 heteroatoms. The molecule has 3 aliphatic rings. The first-order valence-corrected chi connectivity index (χ1v) is 22.5. The van der Waals surface area contributed by atoms with Crippen LogP contribution in [0.3, 0.4) is 0 Å². The maximum atomic E-state index is 2.44. The summed E-state index contributed by atoms with van der Waals surface area (Å²) in [4.78, 5) is 2.44. The highest BCUT2D eigenvalue weighted by Gasteiger charge is 2.35. The highest BCUT2D eigenvalue weighted by Crippen LogP contribution is 2.51. The van der Waals surface area contributed by atoms with Crippen LogP contribution in [0, 0.1) is 6.92 Å². The quantitative estimate of drug-likeness (QED) is 0.149. The molecule has 0 atom stereocenters. The van der Waals surface area contributed by atoms with Crippen molar-refractivity contribution in [3.63, 3.8) is 0 Å². The van der Waals surface area contributed by atoms with Gasteiger partial charge in [0.1, 0.15) is 0 Å². The Bertz CT molecular complexity index is 2560. The minimum atomic E-state index is -0.0795. The SMILES string of the molecule is Cc1ccc(-c2ccc(C3CCCCC3)cc2)cc1-c1ccc(N(c2ccc(-c3ccc(C4CCCCC4)cc3)cc2)c2ccc3c(c2)C(C)(C)c2ccccc2-3)cc1. The van der Waals surface area contributed by atoms with Gasteiger partial charge in [-0.3, -0.25) is 0 Å². The molecule has 0 aromatic heterocycles. The van der Waals surface area contributed by atoms with Crippen molar-refractivity contribution < 1.29 is 0 Å². The molecule has 0 bridgehead atoms. The molecule has 0 saturated heterocycles. The van der Waals surface area contributed by atoms with Crippen LogP contribution in [0.15, 0.2) is 158 Å². The van der Waals surface area contributed by atoms with E-state index >= 15 is 0 Å². The van der Waals surface area contributed by atoms with E-state index in [0.717, 1.165) is 23.2 Å². The summed E-state index contributed by atoms with van der Waals surface area (Å²) in [5, 5.41) is 0. The van der Waals surface area contributed by atoms with Gasteiger partial charge >= 0.3 is 0 Å². The van der Waals surface area contributed by atoms with Gasteiger partial charge in [0.25, 0.3) is 0 Å². The van der Waals surface area contributed by atoms with Crippen LogP contribution in [-0.2, 0) is 5.41 Å². The molecule has 10 rings (SSSR count). The Hall–Kier alpha value is -5.66. The van der Waals surface area contributed by atoms with Crippen molar-refractivity contribution in [3.8, 4) is 44.5 Å². The summed E-state index contributed by atoms with van der Waals surface area (Å²) >= 11 is 0. The van der Waals surface area contributed by atoms with Gasteiger partial charge in [0.05, 0.1) is 0 Å². The number of aryl methyl sites for hydroxylation is 1. The molecule has 0 aliphatic heterocycles. The molecular weight excluding hydrogens is 711 g/mol. The van der Waals surface area contributed by atoms with Gasteiger partial charge in [0, 0.05) is 22.5 Å². The summed E-state index contributed by atoms with van der Waals surface area (Å²) in [6.07, 6.45) is 13.6. The number of fused-ring (bicyclic) bond motifs is 3. The van der Waals surface area contributed by atoms with Crippen LogP contribution in [0.2, 0.25) is 0 Å². The Morgan fingerprint density at radius 1 is 0.390 bits per heavy atom. The molecule has 0 heterocycles. The molecule has 7 aromatic rings. The topological polar surface area (TPSA) is 3.24 Å². The number of rotatable bonds is 8. The highest BCUT2D eigenvalue weighted by molar-refractivity contribution is 5.86. The fraction of sp³-hybridized carbons (Fsp3) is 0.276. The van der Waals surface area contributed by atoms with Crippen molar-refractivity contribution in [3.05, 3.63) is 186 Å². The van der Waals surface area contributed by atoms with Crippen LogP contribution in [0.5, 0.6) is 0 Å². The van der Waals surface area contributed by atoms with E-state index in [1.54, 1.807) is 0 Å². The monoisotopic (exact) mass is 767 g/mol. The van der Waals surface area contributed by atoms with Crippen molar-refractivity contribution in [2.45, 2.75) is 102 Å². The summed E-state index contributed by atoms with van der Waals surface area (Å²) in [5.41, 5.74) is 20.8. The fourth-order valence-corrected chi connectivity index (χ4v) is 10.8. The van der Waals surface area contributed by atoms with Crippen molar-refractivity contribution in [1.82, 2.24) is 0 Å². The maximum absolute atomic E-state index is 2.44. The second kappa shape index (κ2) is 15.8. The van der Waals surface area contributed by atoms with Crippen LogP contribution in [-0.4, -0.2) is 0 Å². The normalized spacial score (nSPS) is 16.4. The predicted octanol–water partition coefficient (Wildman–Crippen LogP) is 16.9. The van der Waals surface area contributed by atoms with Gasteiger partial charge in [0.15, 0.2) is 0 Å². The smallest absolute Gasteiger partial charge is 0.0465 e. The summed E-state index contributed by atoms with van der Waals surface area (Å²) in [6, 6.07) is 60.3. The molecule has 1 nitrogen and oxygen atoms in total. The van der Waals surface area contributed by atoms with Crippen LogP contribution in [0.25, 0.3) is 44.5 Å². The molecular formula is C58H57N. The molecule has 0 unspecified atom stereocenters. The zero-order valence-corrected chi connectivity index (χ0v) is 35.2. The first kappa shape index (κ1) is 37.6. The predicted molar refractivity (Wildman–Crippen MR) is 251 cm³/mol. The van der Waals surface area contributed by atoms with Crippen molar-refractivity contribution in [2.24, 2.45) is 0 Å². The Morgan fingerprint density at radius 3 is 1.42 bits per heavy atom. The van der Waals surface area contributed by atoms with E-state index in [1.165, 1.54) is 142 Å². The van der Waals surface area contributed by atoms with Gasteiger partial charge in [-0.25, -0.2) is 0 Å². The van der Waals surface area contributed by atoms with Gasteiger partial charge in [-0.15, -0.1) is 0 Å². The minimum Gasteiger partial charge on any atom is -0.310 e. The third-order valence-electron chi connectivity index (χ3n) is 14.3. The van der Waals surface area contributed by atoms with Crippen molar-refractivity contribution in [1.29, 1.82) is 0 Å². The first-order chi connectivity index (χ1) is 28.9. The van der Waals surface area contributed by atoms with E-state index < -0.39 is 0 Å². The Labute approximate surface area is 352 Å². The van der Waals surface area contributed by atoms with Gasteiger partial charge < -0.3 is 4.90 Å². The van der Waals surface area contributed by atoms with Crippen molar-refractivity contribution in [2.75, 3.05) is 4.90 Å². The number of anilines is 3. The van der Waals surface area contributed by atoms with E-state index in [1.807, 2.05) is 0 Å². The standard InChI is InChI=1S/C58H57N/c1-40-18-19-49(47-26-24-44(25-27-47)42-14-8-5-9-15-42)38-55(40)48-30-34-51(35-31-48)59(52-36-37-54-53-16-10-11-17-56(53)58(2,3)57(54)39-52)50-32-28-46(29-33-50)45-22-20-43(21-23-45)41-12-6-4-7-13-41/h10-11,16-39,41-42H,4-9,12-15H2,1-3H3. The van der Waals surface area contributed by atoms with Gasteiger partial charge in [-0.05, 0) is 159 Å². The Morgan fingerprint density at radius 2 is 0.847 bits per heavy atom. The van der Waals surface area contributed by atoms with Crippen LogP contribution < -0.4 is 4.90 Å². The molecule has 0 spiro atoms. The number of hydrogen-bond acceptors (Lipinski definition) is 1. The minimum absolute atomic E-state index is 0.0795. The first-order valence-electron chi connectivity index (χ1n) is 22.5. The lowest BCUT2D eigenvalue weighted by atomic mass is 9.82. The summed E-state index contributed by atoms with van der Waals surface area (Å²) < 4.78 is 0. The average Bonchev–Trinajstić information content (AvgIpc) is 3.53. The Kier molecular flexibility index (Phi) is 10.1. The summed E-state index contributed by atoms with van der Waals surface area (Å²) in [6.45, 7) is 6.98. The van der Waals surface area contributed by atoms with Crippen molar-refractivity contribution >= 4 is 17.1 Å². The zero-order chi connectivity index (χ0) is 39.9. The lowest BCUT2D eigenvalue weighted by Gasteiger charge is -2.28. The number of benzene rings is 7. The Balaban J connectivity index is 0.980. The average molecular weight is 768 g/mol. The molecule has 3 aliphatic carbocycles. The van der Waals surface area contributed by atoms with Gasteiger partial charge in [0.2, 0.25) is 0 Å². The second-order valence-corrected chi connectivity index (χ2v) is 18.3. The van der Waals surface area contributed by atoms with E-state index in [9.17, 15) is 0 Å². The molecule has 2 fully saturated rings. The third-order valence-corrected chi connectivity index (χ3v) is 14.3.